The van der Waals surface area contributed by atoms with Gasteiger partial charge in [-0.15, -0.1) is 0 Å². The Bertz CT molecular complexity index is 419. The molecule has 3 N–H and O–H groups in total. The largest absolute Gasteiger partial charge is 0.382 e. The second kappa shape index (κ2) is 7.33. The molecule has 0 fully saturated rings. The van der Waals surface area contributed by atoms with Crippen molar-refractivity contribution in [2.45, 2.75) is 46.1 Å². The number of unbranched alkanes of at least 4 members (excludes halogenated alkanes) is 1. The van der Waals surface area contributed by atoms with Gasteiger partial charge in [0.1, 0.15) is 10.7 Å². The maximum Gasteiger partial charge on any atom is 0.265 e. The molecule has 108 valence electrons. The van der Waals surface area contributed by atoms with Crippen molar-refractivity contribution in [1.29, 1.82) is 0 Å². The number of nitrogens with zero attached hydrogens (tertiary/aromatic N) is 2. The second-order valence-electron chi connectivity index (χ2n) is 4.74. The fourth-order valence-corrected chi connectivity index (χ4v) is 2.57. The molecule has 1 amide bonds. The van der Waals surface area contributed by atoms with Crippen LogP contribution in [0.15, 0.2) is 0 Å². The van der Waals surface area contributed by atoms with Gasteiger partial charge in [-0.3, -0.25) is 4.79 Å². The highest BCUT2D eigenvalue weighted by Crippen LogP contribution is 2.27. The van der Waals surface area contributed by atoms with Crippen LogP contribution in [0.25, 0.3) is 0 Å². The first-order chi connectivity index (χ1) is 8.99. The van der Waals surface area contributed by atoms with E-state index in [0.717, 1.165) is 30.9 Å². The smallest absolute Gasteiger partial charge is 0.265 e. The summed E-state index contributed by atoms with van der Waals surface area (Å²) in [5.74, 6) is 0.204. The molecule has 1 aromatic rings. The van der Waals surface area contributed by atoms with Gasteiger partial charge in [0.15, 0.2) is 5.13 Å². The van der Waals surface area contributed by atoms with Crippen LogP contribution in [0.3, 0.4) is 0 Å². The monoisotopic (exact) mass is 284 g/mol. The summed E-state index contributed by atoms with van der Waals surface area (Å²) in [4.78, 5) is 18.8. The number of aromatic nitrogens is 1. The standard InChI is InChI=1S/C13H24N4OS/c1-5-7-8-9(3)15-12(18)10-11(14)16-13(19-10)17(4)6-2/h9H,5-8,14H2,1-4H3,(H,15,18). The van der Waals surface area contributed by atoms with Crippen molar-refractivity contribution in [3.8, 4) is 0 Å². The summed E-state index contributed by atoms with van der Waals surface area (Å²) in [6, 6.07) is 0.168. The average Bonchev–Trinajstić information content (AvgIpc) is 2.77. The lowest BCUT2D eigenvalue weighted by Crippen LogP contribution is -2.32. The van der Waals surface area contributed by atoms with Crippen molar-refractivity contribution in [3.63, 3.8) is 0 Å². The molecule has 1 atom stereocenters. The maximum atomic E-state index is 12.1. The van der Waals surface area contributed by atoms with E-state index in [0.29, 0.717) is 10.7 Å². The summed E-state index contributed by atoms with van der Waals surface area (Å²) >= 11 is 1.34. The molecule has 19 heavy (non-hydrogen) atoms. The molecule has 0 radical (unpaired) electrons. The second-order valence-corrected chi connectivity index (χ2v) is 5.72. The third kappa shape index (κ3) is 4.38. The van der Waals surface area contributed by atoms with Gasteiger partial charge in [-0.05, 0) is 20.3 Å². The molecule has 0 spiro atoms. The molecule has 1 rings (SSSR count). The summed E-state index contributed by atoms with van der Waals surface area (Å²) in [6.07, 6.45) is 3.24. The minimum absolute atomic E-state index is 0.116. The number of nitrogens with two attached hydrogens (primary N) is 1. The van der Waals surface area contributed by atoms with Gasteiger partial charge in [-0.2, -0.15) is 0 Å². The topological polar surface area (TPSA) is 71.2 Å². The Kier molecular flexibility index (Phi) is 6.08. The molecule has 6 heteroatoms. The van der Waals surface area contributed by atoms with E-state index >= 15 is 0 Å². The van der Waals surface area contributed by atoms with Crippen LogP contribution >= 0.6 is 11.3 Å². The molecule has 0 aliphatic carbocycles. The van der Waals surface area contributed by atoms with Gasteiger partial charge in [0.05, 0.1) is 0 Å². The minimum atomic E-state index is -0.116. The van der Waals surface area contributed by atoms with Crippen LogP contribution in [0.2, 0.25) is 0 Å². The Balaban J connectivity index is 2.69. The quantitative estimate of drug-likeness (QED) is 0.807. The highest BCUT2D eigenvalue weighted by Gasteiger charge is 2.18. The number of carbonyl (C=O) groups is 1. The van der Waals surface area contributed by atoms with Gasteiger partial charge in [0, 0.05) is 19.6 Å². The number of carbonyl (C=O) groups excluding carboxylic acids is 1. The molecular formula is C13H24N4OS. The average molecular weight is 284 g/mol. The van der Waals surface area contributed by atoms with E-state index in [1.807, 2.05) is 25.8 Å². The highest BCUT2D eigenvalue weighted by molar-refractivity contribution is 7.18. The third-order valence-electron chi connectivity index (χ3n) is 3.02. The van der Waals surface area contributed by atoms with Gasteiger partial charge in [0.25, 0.3) is 5.91 Å². The fraction of sp³-hybridized carbons (Fsp3) is 0.692. The molecule has 1 unspecified atom stereocenters. The first-order valence-electron chi connectivity index (χ1n) is 6.77. The first kappa shape index (κ1) is 15.8. The number of hydrogen-bond acceptors (Lipinski definition) is 5. The van der Waals surface area contributed by atoms with E-state index in [-0.39, 0.29) is 11.9 Å². The van der Waals surface area contributed by atoms with Gasteiger partial charge in [0.2, 0.25) is 0 Å². The number of rotatable bonds is 7. The summed E-state index contributed by atoms with van der Waals surface area (Å²) in [5.41, 5.74) is 5.82. The zero-order valence-electron chi connectivity index (χ0n) is 12.2. The van der Waals surface area contributed by atoms with Crippen LogP contribution in [0.4, 0.5) is 10.9 Å². The number of amides is 1. The van der Waals surface area contributed by atoms with Crippen LogP contribution in [0.5, 0.6) is 0 Å². The molecular weight excluding hydrogens is 260 g/mol. The normalized spacial score (nSPS) is 12.2. The predicted molar refractivity (Wildman–Crippen MR) is 81.9 cm³/mol. The van der Waals surface area contributed by atoms with Crippen molar-refractivity contribution in [3.05, 3.63) is 4.88 Å². The van der Waals surface area contributed by atoms with E-state index < -0.39 is 0 Å². The summed E-state index contributed by atoms with van der Waals surface area (Å²) in [6.45, 7) is 7.03. The maximum absolute atomic E-state index is 12.1. The number of anilines is 2. The molecule has 0 aliphatic heterocycles. The molecule has 0 aromatic carbocycles. The predicted octanol–water partition coefficient (Wildman–Crippen LogP) is 2.49. The zero-order chi connectivity index (χ0) is 14.4. The summed E-state index contributed by atoms with van der Waals surface area (Å²) in [5, 5.41) is 3.76. The zero-order valence-corrected chi connectivity index (χ0v) is 13.0. The Morgan fingerprint density at radius 3 is 2.79 bits per heavy atom. The lowest BCUT2D eigenvalue weighted by molar-refractivity contribution is 0.0943. The number of nitrogens with one attached hydrogen (secondary N) is 1. The van der Waals surface area contributed by atoms with Gasteiger partial charge < -0.3 is 16.0 Å². The summed E-state index contributed by atoms with van der Waals surface area (Å²) < 4.78 is 0. The molecule has 5 nitrogen and oxygen atoms in total. The Morgan fingerprint density at radius 1 is 1.53 bits per heavy atom. The van der Waals surface area contributed by atoms with E-state index in [1.54, 1.807) is 0 Å². The number of hydrogen-bond donors (Lipinski definition) is 2. The lowest BCUT2D eigenvalue weighted by Gasteiger charge is -2.12. The van der Waals surface area contributed by atoms with Crippen LogP contribution in [-0.4, -0.2) is 30.5 Å². The highest BCUT2D eigenvalue weighted by atomic mass is 32.1. The number of thiazole rings is 1. The van der Waals surface area contributed by atoms with Crippen LogP contribution < -0.4 is 16.0 Å². The molecule has 0 bridgehead atoms. The van der Waals surface area contributed by atoms with Gasteiger partial charge in [-0.25, -0.2) is 4.98 Å². The van der Waals surface area contributed by atoms with Crippen LogP contribution in [0.1, 0.15) is 49.7 Å². The molecule has 1 aromatic heterocycles. The van der Waals surface area contributed by atoms with E-state index in [2.05, 4.69) is 17.2 Å². The van der Waals surface area contributed by atoms with Gasteiger partial charge in [-0.1, -0.05) is 31.1 Å². The van der Waals surface area contributed by atoms with E-state index in [4.69, 9.17) is 5.73 Å². The minimum Gasteiger partial charge on any atom is -0.382 e. The summed E-state index contributed by atoms with van der Waals surface area (Å²) in [7, 11) is 1.93. The SMILES string of the molecule is CCCCC(C)NC(=O)c1sc(N(C)CC)nc1N. The lowest BCUT2D eigenvalue weighted by atomic mass is 10.1. The molecule has 1 heterocycles. The Morgan fingerprint density at radius 2 is 2.21 bits per heavy atom. The fourth-order valence-electron chi connectivity index (χ4n) is 1.65. The molecule has 0 saturated heterocycles. The molecule has 0 aliphatic rings. The van der Waals surface area contributed by atoms with Crippen molar-refractivity contribution in [1.82, 2.24) is 10.3 Å². The van der Waals surface area contributed by atoms with Crippen molar-refractivity contribution < 1.29 is 4.79 Å². The van der Waals surface area contributed by atoms with E-state index in [9.17, 15) is 4.79 Å². The van der Waals surface area contributed by atoms with Crippen LogP contribution in [-0.2, 0) is 0 Å². The molecule has 0 saturated carbocycles. The first-order valence-corrected chi connectivity index (χ1v) is 7.59. The third-order valence-corrected chi connectivity index (χ3v) is 4.20. The van der Waals surface area contributed by atoms with Crippen molar-refractivity contribution in [2.24, 2.45) is 0 Å². The van der Waals surface area contributed by atoms with Crippen LogP contribution in [0, 0.1) is 0 Å². The Hall–Kier alpha value is -1.30. The van der Waals surface area contributed by atoms with Gasteiger partial charge >= 0.3 is 0 Å². The van der Waals surface area contributed by atoms with Crippen molar-refractivity contribution in [2.75, 3.05) is 24.2 Å². The number of nitrogen functional groups attached to an aromatic ring is 1. The van der Waals surface area contributed by atoms with Crippen molar-refractivity contribution >= 4 is 28.2 Å². The van der Waals surface area contributed by atoms with E-state index in [1.165, 1.54) is 11.3 Å². The Labute approximate surface area is 119 Å².